The molecule has 7 heteroatoms. The van der Waals surface area contributed by atoms with E-state index >= 15 is 0 Å². The monoisotopic (exact) mass is 466 g/mol. The smallest absolute Gasteiger partial charge is 0.304 e. The molecule has 2 atom stereocenters. The van der Waals surface area contributed by atoms with Gasteiger partial charge in [-0.05, 0) is 44.2 Å². The number of amides is 2. The molecule has 0 aromatic heterocycles. The van der Waals surface area contributed by atoms with Gasteiger partial charge in [-0.2, -0.15) is 0 Å². The van der Waals surface area contributed by atoms with Crippen LogP contribution in [0.1, 0.15) is 38.7 Å². The summed E-state index contributed by atoms with van der Waals surface area (Å²) in [6, 6.07) is 19.0. The summed E-state index contributed by atoms with van der Waals surface area (Å²) in [5, 5.41) is 3.89. The third-order valence-corrected chi connectivity index (χ3v) is 5.93. The topological polar surface area (TPSA) is 61.2 Å². The molecule has 1 saturated heterocycles. The first-order chi connectivity index (χ1) is 15.3. The molecule has 32 heavy (non-hydrogen) atoms. The highest BCUT2D eigenvalue weighted by molar-refractivity contribution is 6.36. The maximum Gasteiger partial charge on any atom is 0.304 e. The number of hydrogen-bond donors (Lipinski definition) is 2. The lowest BCUT2D eigenvalue weighted by Gasteiger charge is -2.15. The third-order valence-electron chi connectivity index (χ3n) is 5.36. The maximum atomic E-state index is 13.0. The zero-order valence-electron chi connectivity index (χ0n) is 17.6. The summed E-state index contributed by atoms with van der Waals surface area (Å²) >= 11 is 12.4. The number of nitrogens with one attached hydrogen (secondary N) is 2. The quantitative estimate of drug-likeness (QED) is 0.550. The predicted octanol–water partition coefficient (Wildman–Crippen LogP) is 4.63. The van der Waals surface area contributed by atoms with E-state index in [1.54, 1.807) is 41.2 Å². The van der Waals surface area contributed by atoms with E-state index < -0.39 is 12.1 Å². The van der Waals surface area contributed by atoms with Gasteiger partial charge in [0.15, 0.2) is 6.04 Å². The highest BCUT2D eigenvalue weighted by atomic mass is 35.5. The van der Waals surface area contributed by atoms with Crippen molar-refractivity contribution >= 4 is 41.2 Å². The van der Waals surface area contributed by atoms with E-state index in [-0.39, 0.29) is 11.8 Å². The second kappa shape index (κ2) is 9.15. The largest absolute Gasteiger partial charge is 0.334 e. The third kappa shape index (κ3) is 4.69. The first kappa shape index (κ1) is 22.1. The molecule has 0 spiro atoms. The molecule has 2 amide bonds. The lowest BCUT2D eigenvalue weighted by Crippen LogP contribution is -2.42. The average molecular weight is 467 g/mol. The number of halogens is 2. The van der Waals surface area contributed by atoms with Crippen LogP contribution in [0.25, 0.3) is 0 Å². The van der Waals surface area contributed by atoms with Crippen LogP contribution < -0.4 is 10.7 Å². The maximum absolute atomic E-state index is 13.0. The summed E-state index contributed by atoms with van der Waals surface area (Å²) in [5.41, 5.74) is 7.00. The number of nitrogens with zero attached hydrogens (tertiary/aromatic N) is 1. The lowest BCUT2D eigenvalue weighted by atomic mass is 9.98. The van der Waals surface area contributed by atoms with Gasteiger partial charge in [-0.25, -0.2) is 0 Å². The Morgan fingerprint density at radius 3 is 2.44 bits per heavy atom. The van der Waals surface area contributed by atoms with Crippen molar-refractivity contribution in [3.63, 3.8) is 0 Å². The fourth-order valence-corrected chi connectivity index (χ4v) is 4.17. The molecule has 1 fully saturated rings. The molecule has 0 aliphatic carbocycles. The molecule has 3 aromatic rings. The van der Waals surface area contributed by atoms with Gasteiger partial charge in [0.05, 0.1) is 10.6 Å². The first-order valence-corrected chi connectivity index (χ1v) is 10.9. The highest BCUT2D eigenvalue weighted by Crippen LogP contribution is 2.27. The number of hydrogen-bond acceptors (Lipinski definition) is 2. The average Bonchev–Trinajstić information content (AvgIpc) is 3.05. The molecule has 1 aliphatic rings. The molecular weight excluding hydrogens is 445 g/mol. The molecule has 1 aliphatic heterocycles. The van der Waals surface area contributed by atoms with E-state index in [0.29, 0.717) is 21.2 Å². The van der Waals surface area contributed by atoms with Gasteiger partial charge in [0.1, 0.15) is 0 Å². The Bertz CT molecular complexity index is 1220. The van der Waals surface area contributed by atoms with Crippen LogP contribution in [0.4, 0.5) is 0 Å². The first-order valence-electron chi connectivity index (χ1n) is 10.1. The van der Waals surface area contributed by atoms with Crippen LogP contribution in [-0.4, -0.2) is 28.8 Å². The van der Waals surface area contributed by atoms with E-state index in [9.17, 15) is 9.59 Å². The Hall–Kier alpha value is -3.15. The standard InChI is InChI=1S/C25H21Cl2N3O2/c1-15-6-8-17(9-7-15)23-22(28-24(31)18-5-3-4-16(2)12-18)25(32)29-30(23)14-19-10-11-20(26)13-21(19)27/h3-14,22-23H,1-2H3,(H-,28,29,31,32)/p+1/b30-14-/t22-,23-/m0/s1. The van der Waals surface area contributed by atoms with Crippen molar-refractivity contribution in [1.29, 1.82) is 0 Å². The minimum Gasteiger partial charge on any atom is -0.334 e. The van der Waals surface area contributed by atoms with Crippen molar-refractivity contribution in [2.45, 2.75) is 25.9 Å². The Kier molecular flexibility index (Phi) is 6.31. The minimum atomic E-state index is -0.798. The van der Waals surface area contributed by atoms with Crippen LogP contribution >= 0.6 is 23.2 Å². The van der Waals surface area contributed by atoms with E-state index in [2.05, 4.69) is 10.7 Å². The molecule has 2 N–H and O–H groups in total. The summed E-state index contributed by atoms with van der Waals surface area (Å²) < 4.78 is 1.68. The van der Waals surface area contributed by atoms with Gasteiger partial charge >= 0.3 is 5.91 Å². The zero-order chi connectivity index (χ0) is 22.8. The molecule has 1 heterocycles. The van der Waals surface area contributed by atoms with Crippen LogP contribution in [0, 0.1) is 13.8 Å². The molecule has 0 unspecified atom stereocenters. The van der Waals surface area contributed by atoms with Crippen LogP contribution in [0.2, 0.25) is 10.0 Å². The number of rotatable bonds is 4. The van der Waals surface area contributed by atoms with Crippen LogP contribution in [0.3, 0.4) is 0 Å². The molecule has 0 saturated carbocycles. The molecule has 0 bridgehead atoms. The lowest BCUT2D eigenvalue weighted by molar-refractivity contribution is -0.596. The van der Waals surface area contributed by atoms with Crippen molar-refractivity contribution in [2.24, 2.45) is 0 Å². The van der Waals surface area contributed by atoms with Gasteiger partial charge in [0, 0.05) is 16.1 Å². The summed E-state index contributed by atoms with van der Waals surface area (Å²) in [5.74, 6) is -0.616. The Morgan fingerprint density at radius 2 is 1.75 bits per heavy atom. The highest BCUT2D eigenvalue weighted by Gasteiger charge is 2.47. The molecule has 4 rings (SSSR count). The van der Waals surface area contributed by atoms with Gasteiger partial charge < -0.3 is 5.32 Å². The van der Waals surface area contributed by atoms with Crippen molar-refractivity contribution < 1.29 is 14.3 Å². The van der Waals surface area contributed by atoms with Crippen molar-refractivity contribution in [2.75, 3.05) is 0 Å². The minimum absolute atomic E-state index is 0.307. The van der Waals surface area contributed by atoms with E-state index in [0.717, 1.165) is 16.7 Å². The second-order valence-corrected chi connectivity index (χ2v) is 8.70. The summed E-state index contributed by atoms with van der Waals surface area (Å²) in [7, 11) is 0. The number of carbonyl (C=O) groups is 2. The molecule has 5 nitrogen and oxygen atoms in total. The summed E-state index contributed by atoms with van der Waals surface area (Å²) in [6.07, 6.45) is 1.75. The molecular formula is C25H22Cl2N3O2+. The zero-order valence-corrected chi connectivity index (χ0v) is 19.1. The van der Waals surface area contributed by atoms with Crippen molar-refractivity contribution in [3.05, 3.63) is 105 Å². The predicted molar refractivity (Wildman–Crippen MR) is 126 cm³/mol. The number of aryl methyl sites for hydroxylation is 2. The molecule has 3 aromatic carbocycles. The van der Waals surface area contributed by atoms with Gasteiger partial charge in [0.25, 0.3) is 5.91 Å². The van der Waals surface area contributed by atoms with Crippen LogP contribution in [-0.2, 0) is 4.79 Å². The fraction of sp³-hybridized carbons (Fsp3) is 0.160. The Balaban J connectivity index is 1.73. The van der Waals surface area contributed by atoms with Crippen molar-refractivity contribution in [1.82, 2.24) is 10.7 Å². The van der Waals surface area contributed by atoms with Crippen LogP contribution in [0.15, 0.2) is 66.7 Å². The van der Waals surface area contributed by atoms with Crippen LogP contribution in [0.5, 0.6) is 0 Å². The summed E-state index contributed by atoms with van der Waals surface area (Å²) in [4.78, 5) is 25.9. The van der Waals surface area contributed by atoms with E-state index in [1.807, 2.05) is 50.2 Å². The Morgan fingerprint density at radius 1 is 1.00 bits per heavy atom. The normalized spacial score (nSPS) is 19.1. The number of hydrazine groups is 1. The fourth-order valence-electron chi connectivity index (χ4n) is 3.71. The number of benzene rings is 3. The van der Waals surface area contributed by atoms with E-state index in [1.165, 1.54) is 0 Å². The van der Waals surface area contributed by atoms with E-state index in [4.69, 9.17) is 23.2 Å². The van der Waals surface area contributed by atoms with Gasteiger partial charge in [-0.15, -0.1) is 10.1 Å². The van der Waals surface area contributed by atoms with Gasteiger partial charge in [-0.3, -0.25) is 9.59 Å². The number of hydrazone groups is 1. The van der Waals surface area contributed by atoms with Crippen molar-refractivity contribution in [3.8, 4) is 0 Å². The molecule has 0 radical (unpaired) electrons. The molecule has 162 valence electrons. The summed E-state index contributed by atoms with van der Waals surface area (Å²) in [6.45, 7) is 3.91. The SMILES string of the molecule is Cc1ccc([C@H]2[C@H](NC(=O)c3cccc(C)c3)C(=O)N/[N+]2=C\c2ccc(Cl)cc2Cl)cc1. The Labute approximate surface area is 196 Å². The van der Waals surface area contributed by atoms with Gasteiger partial charge in [-0.1, -0.05) is 70.7 Å². The van der Waals surface area contributed by atoms with Gasteiger partial charge in [0.2, 0.25) is 12.3 Å². The second-order valence-electron chi connectivity index (χ2n) is 7.85. The number of carbonyl (C=O) groups excluding carboxylic acids is 2.